The third-order valence-electron chi connectivity index (χ3n) is 3.56. The van der Waals surface area contributed by atoms with E-state index in [1.165, 1.54) is 11.9 Å². The topological polar surface area (TPSA) is 84.0 Å². The van der Waals surface area contributed by atoms with E-state index in [0.717, 1.165) is 16.0 Å². The summed E-state index contributed by atoms with van der Waals surface area (Å²) in [5, 5.41) is 0. The highest BCUT2D eigenvalue weighted by Gasteiger charge is 2.35. The zero-order chi connectivity index (χ0) is 17.1. The van der Waals surface area contributed by atoms with Crippen molar-refractivity contribution in [2.45, 2.75) is 13.8 Å². The summed E-state index contributed by atoms with van der Waals surface area (Å²) >= 11 is 0. The van der Waals surface area contributed by atoms with Crippen molar-refractivity contribution in [2.75, 3.05) is 26.7 Å². The Morgan fingerprint density at radius 1 is 1.22 bits per heavy atom. The van der Waals surface area contributed by atoms with Crippen LogP contribution in [0.1, 0.15) is 21.5 Å². The number of ether oxygens (including phenoxy) is 1. The second kappa shape index (κ2) is 6.60. The molecule has 0 bridgehead atoms. The van der Waals surface area contributed by atoms with Crippen LogP contribution in [-0.4, -0.2) is 60.2 Å². The summed E-state index contributed by atoms with van der Waals surface area (Å²) in [6.07, 6.45) is 0. The maximum Gasteiger partial charge on any atom is 0.327 e. The van der Waals surface area contributed by atoms with E-state index in [-0.39, 0.29) is 12.3 Å². The number of esters is 1. The third kappa shape index (κ3) is 3.74. The van der Waals surface area contributed by atoms with Gasteiger partial charge in [0.2, 0.25) is 5.78 Å². The van der Waals surface area contributed by atoms with E-state index in [2.05, 4.69) is 0 Å². The first kappa shape index (κ1) is 16.7. The lowest BCUT2D eigenvalue weighted by Gasteiger charge is -2.13. The number of likely N-dealkylation sites (N-methyl/N-ethyl adjacent to an activating group) is 1. The number of urea groups is 1. The van der Waals surface area contributed by atoms with Gasteiger partial charge in [-0.15, -0.1) is 0 Å². The molecule has 3 amide bonds. The number of hydrogen-bond donors (Lipinski definition) is 0. The average Bonchev–Trinajstić information content (AvgIpc) is 2.71. The highest BCUT2D eigenvalue weighted by atomic mass is 16.5. The van der Waals surface area contributed by atoms with E-state index < -0.39 is 31.1 Å². The van der Waals surface area contributed by atoms with Crippen molar-refractivity contribution in [2.24, 2.45) is 0 Å². The van der Waals surface area contributed by atoms with Gasteiger partial charge in [0.05, 0.1) is 0 Å². The Labute approximate surface area is 133 Å². The number of ketones is 1. The molecule has 0 N–H and O–H groups in total. The Morgan fingerprint density at radius 2 is 1.91 bits per heavy atom. The highest BCUT2D eigenvalue weighted by Crippen LogP contribution is 2.12. The first-order chi connectivity index (χ1) is 10.8. The number of amides is 3. The van der Waals surface area contributed by atoms with Crippen molar-refractivity contribution in [1.29, 1.82) is 0 Å². The standard InChI is InChI=1S/C16H18N2O5/c1-10-4-5-12(11(2)6-10)13(19)9-23-15(21)8-18-14(20)7-17(3)16(18)22/h4-6H,7-9H2,1-3H3. The lowest BCUT2D eigenvalue weighted by molar-refractivity contribution is -0.145. The number of nitrogens with zero attached hydrogens (tertiary/aromatic N) is 2. The molecule has 7 heteroatoms. The SMILES string of the molecule is Cc1ccc(C(=O)COC(=O)CN2C(=O)CN(C)C2=O)c(C)c1. The number of Topliss-reactive ketones (excluding diaryl/α,β-unsaturated/α-hetero) is 1. The van der Waals surface area contributed by atoms with E-state index in [0.29, 0.717) is 5.56 Å². The quantitative estimate of drug-likeness (QED) is 0.458. The first-order valence-electron chi connectivity index (χ1n) is 7.11. The third-order valence-corrected chi connectivity index (χ3v) is 3.56. The van der Waals surface area contributed by atoms with Crippen LogP contribution in [-0.2, 0) is 14.3 Å². The molecule has 0 radical (unpaired) electrons. The van der Waals surface area contributed by atoms with Gasteiger partial charge in [0, 0.05) is 12.6 Å². The Balaban J connectivity index is 1.90. The molecular formula is C16H18N2O5. The number of benzene rings is 1. The molecule has 1 aromatic carbocycles. The number of rotatable bonds is 5. The molecule has 0 aromatic heterocycles. The zero-order valence-corrected chi connectivity index (χ0v) is 13.3. The summed E-state index contributed by atoms with van der Waals surface area (Å²) in [6, 6.07) is 4.81. The highest BCUT2D eigenvalue weighted by molar-refractivity contribution is 6.04. The predicted octanol–water partition coefficient (Wildman–Crippen LogP) is 0.923. The molecule has 23 heavy (non-hydrogen) atoms. The van der Waals surface area contributed by atoms with Crippen LogP contribution >= 0.6 is 0 Å². The van der Waals surface area contributed by atoms with Crippen molar-refractivity contribution < 1.29 is 23.9 Å². The van der Waals surface area contributed by atoms with Crippen LogP contribution in [0.3, 0.4) is 0 Å². The molecule has 1 heterocycles. The van der Waals surface area contributed by atoms with Crippen LogP contribution < -0.4 is 0 Å². The number of hydrogen-bond acceptors (Lipinski definition) is 5. The van der Waals surface area contributed by atoms with Crippen molar-refractivity contribution >= 4 is 23.7 Å². The van der Waals surface area contributed by atoms with Gasteiger partial charge in [-0.3, -0.25) is 19.3 Å². The smallest absolute Gasteiger partial charge is 0.327 e. The van der Waals surface area contributed by atoms with Gasteiger partial charge < -0.3 is 9.64 Å². The average molecular weight is 318 g/mol. The molecular weight excluding hydrogens is 300 g/mol. The Hall–Kier alpha value is -2.70. The van der Waals surface area contributed by atoms with Crippen LogP contribution in [0.2, 0.25) is 0 Å². The molecule has 2 rings (SSSR count). The van der Waals surface area contributed by atoms with Crippen molar-refractivity contribution in [3.63, 3.8) is 0 Å². The molecule has 0 unspecified atom stereocenters. The van der Waals surface area contributed by atoms with Gasteiger partial charge in [0.15, 0.2) is 6.61 Å². The summed E-state index contributed by atoms with van der Waals surface area (Å²) < 4.78 is 4.88. The van der Waals surface area contributed by atoms with Crippen LogP contribution in [0.4, 0.5) is 4.79 Å². The van der Waals surface area contributed by atoms with Gasteiger partial charge in [-0.2, -0.15) is 0 Å². The molecule has 1 aliphatic heterocycles. The minimum atomic E-state index is -0.792. The Morgan fingerprint density at radius 3 is 2.48 bits per heavy atom. The molecule has 1 aliphatic rings. The summed E-state index contributed by atoms with van der Waals surface area (Å²) in [6.45, 7) is 2.76. The number of carbonyl (C=O) groups is 4. The maximum atomic E-state index is 12.1. The number of carbonyl (C=O) groups excluding carboxylic acids is 4. The Bertz CT molecular complexity index is 683. The minimum Gasteiger partial charge on any atom is -0.456 e. The Kier molecular flexibility index (Phi) is 4.78. The fourth-order valence-electron chi connectivity index (χ4n) is 2.35. The van der Waals surface area contributed by atoms with Gasteiger partial charge >= 0.3 is 12.0 Å². The predicted molar refractivity (Wildman–Crippen MR) is 80.9 cm³/mol. The number of imide groups is 1. The van der Waals surface area contributed by atoms with Gasteiger partial charge in [0.1, 0.15) is 13.1 Å². The molecule has 122 valence electrons. The summed E-state index contributed by atoms with van der Waals surface area (Å²) in [7, 11) is 1.47. The lowest BCUT2D eigenvalue weighted by atomic mass is 10.0. The minimum absolute atomic E-state index is 0.0619. The van der Waals surface area contributed by atoms with E-state index >= 15 is 0 Å². The molecule has 1 aromatic rings. The van der Waals surface area contributed by atoms with E-state index in [1.54, 1.807) is 19.1 Å². The van der Waals surface area contributed by atoms with Crippen LogP contribution in [0.15, 0.2) is 18.2 Å². The fourth-order valence-corrected chi connectivity index (χ4v) is 2.35. The lowest BCUT2D eigenvalue weighted by Crippen LogP contribution is -2.37. The summed E-state index contributed by atoms with van der Waals surface area (Å²) in [5.41, 5.74) is 2.32. The molecule has 1 saturated heterocycles. The fraction of sp³-hybridized carbons (Fsp3) is 0.375. The van der Waals surface area contributed by atoms with Gasteiger partial charge in [-0.25, -0.2) is 4.79 Å². The van der Waals surface area contributed by atoms with Crippen molar-refractivity contribution in [1.82, 2.24) is 9.80 Å². The van der Waals surface area contributed by atoms with Crippen molar-refractivity contribution in [3.8, 4) is 0 Å². The van der Waals surface area contributed by atoms with Gasteiger partial charge in [-0.1, -0.05) is 23.8 Å². The molecule has 7 nitrogen and oxygen atoms in total. The molecule has 1 fully saturated rings. The maximum absolute atomic E-state index is 12.1. The molecule has 0 aliphatic carbocycles. The van der Waals surface area contributed by atoms with Crippen LogP contribution in [0, 0.1) is 13.8 Å². The molecule has 0 saturated carbocycles. The van der Waals surface area contributed by atoms with Gasteiger partial charge in [-0.05, 0) is 19.4 Å². The molecule has 0 spiro atoms. The van der Waals surface area contributed by atoms with Crippen LogP contribution in [0.5, 0.6) is 0 Å². The normalized spacial score (nSPS) is 14.4. The monoisotopic (exact) mass is 318 g/mol. The van der Waals surface area contributed by atoms with E-state index in [9.17, 15) is 19.2 Å². The summed E-state index contributed by atoms with van der Waals surface area (Å²) in [4.78, 5) is 49.0. The second-order valence-electron chi connectivity index (χ2n) is 5.52. The summed E-state index contributed by atoms with van der Waals surface area (Å²) in [5.74, 6) is -1.58. The zero-order valence-electron chi connectivity index (χ0n) is 13.3. The largest absolute Gasteiger partial charge is 0.456 e. The van der Waals surface area contributed by atoms with Crippen molar-refractivity contribution in [3.05, 3.63) is 34.9 Å². The van der Waals surface area contributed by atoms with Gasteiger partial charge in [0.25, 0.3) is 5.91 Å². The van der Waals surface area contributed by atoms with Crippen LogP contribution in [0.25, 0.3) is 0 Å². The van der Waals surface area contributed by atoms with E-state index in [4.69, 9.17) is 4.74 Å². The second-order valence-corrected chi connectivity index (χ2v) is 5.52. The molecule has 0 atom stereocenters. The number of aryl methyl sites for hydroxylation is 2. The van der Waals surface area contributed by atoms with E-state index in [1.807, 2.05) is 13.0 Å². The first-order valence-corrected chi connectivity index (χ1v) is 7.11.